The summed E-state index contributed by atoms with van der Waals surface area (Å²) in [6.45, 7) is 0. The SMILES string of the molecule is O=C(C=Cc1cccs1)Nc1nnc(Cc2ccccc2)s1. The predicted octanol–water partition coefficient (Wildman–Crippen LogP) is 3.84. The first kappa shape index (κ1) is 14.6. The fourth-order valence-corrected chi connectivity index (χ4v) is 3.23. The average molecular weight is 327 g/mol. The molecule has 6 heteroatoms. The van der Waals surface area contributed by atoms with Crippen LogP contribution in [0.15, 0.2) is 53.9 Å². The van der Waals surface area contributed by atoms with Crippen LogP contribution in [0.25, 0.3) is 6.08 Å². The van der Waals surface area contributed by atoms with E-state index in [1.807, 2.05) is 47.8 Å². The Balaban J connectivity index is 1.58. The van der Waals surface area contributed by atoms with Crippen molar-refractivity contribution in [3.63, 3.8) is 0 Å². The van der Waals surface area contributed by atoms with E-state index in [2.05, 4.69) is 15.5 Å². The van der Waals surface area contributed by atoms with Crippen LogP contribution in [0.3, 0.4) is 0 Å². The molecule has 0 fully saturated rings. The minimum Gasteiger partial charge on any atom is -0.297 e. The smallest absolute Gasteiger partial charge is 0.250 e. The maximum atomic E-state index is 11.8. The molecule has 0 atom stereocenters. The zero-order chi connectivity index (χ0) is 15.2. The normalized spacial score (nSPS) is 10.9. The predicted molar refractivity (Wildman–Crippen MR) is 91.1 cm³/mol. The van der Waals surface area contributed by atoms with Gasteiger partial charge in [0.2, 0.25) is 11.0 Å². The molecule has 0 aliphatic heterocycles. The molecule has 1 amide bonds. The van der Waals surface area contributed by atoms with Crippen molar-refractivity contribution in [2.24, 2.45) is 0 Å². The fourth-order valence-electron chi connectivity index (χ4n) is 1.84. The van der Waals surface area contributed by atoms with E-state index in [-0.39, 0.29) is 5.91 Å². The van der Waals surface area contributed by atoms with E-state index >= 15 is 0 Å². The Labute approximate surface area is 136 Å². The number of carbonyl (C=O) groups is 1. The van der Waals surface area contributed by atoms with Crippen LogP contribution in [0.1, 0.15) is 15.4 Å². The number of anilines is 1. The van der Waals surface area contributed by atoms with Gasteiger partial charge >= 0.3 is 0 Å². The minimum atomic E-state index is -0.198. The van der Waals surface area contributed by atoms with Gasteiger partial charge in [0.1, 0.15) is 5.01 Å². The van der Waals surface area contributed by atoms with Crippen LogP contribution in [-0.4, -0.2) is 16.1 Å². The summed E-state index contributed by atoms with van der Waals surface area (Å²) in [6.07, 6.45) is 4.01. The summed E-state index contributed by atoms with van der Waals surface area (Å²) < 4.78 is 0. The van der Waals surface area contributed by atoms with Crippen molar-refractivity contribution >= 4 is 39.8 Å². The summed E-state index contributed by atoms with van der Waals surface area (Å²) in [7, 11) is 0. The number of benzene rings is 1. The van der Waals surface area contributed by atoms with Gasteiger partial charge < -0.3 is 0 Å². The second kappa shape index (κ2) is 7.11. The molecule has 3 aromatic rings. The summed E-state index contributed by atoms with van der Waals surface area (Å²) in [6, 6.07) is 14.0. The van der Waals surface area contributed by atoms with Crippen LogP contribution in [0.2, 0.25) is 0 Å². The Morgan fingerprint density at radius 3 is 2.77 bits per heavy atom. The van der Waals surface area contributed by atoms with E-state index in [4.69, 9.17) is 0 Å². The highest BCUT2D eigenvalue weighted by Crippen LogP contribution is 2.18. The van der Waals surface area contributed by atoms with Gasteiger partial charge in [0.05, 0.1) is 0 Å². The van der Waals surface area contributed by atoms with Gasteiger partial charge in [-0.2, -0.15) is 0 Å². The molecule has 0 aliphatic rings. The third-order valence-corrected chi connectivity index (χ3v) is 4.51. The number of carbonyl (C=O) groups excluding carboxylic acids is 1. The number of hydrogen-bond acceptors (Lipinski definition) is 5. The molecule has 2 heterocycles. The fraction of sp³-hybridized carbons (Fsp3) is 0.0625. The summed E-state index contributed by atoms with van der Waals surface area (Å²) in [5.74, 6) is -0.198. The molecule has 4 nitrogen and oxygen atoms in total. The molecule has 1 N–H and O–H groups in total. The molecule has 3 rings (SSSR count). The molecule has 1 aromatic carbocycles. The lowest BCUT2D eigenvalue weighted by molar-refractivity contribution is -0.111. The third-order valence-electron chi connectivity index (χ3n) is 2.84. The Morgan fingerprint density at radius 2 is 2.00 bits per heavy atom. The maximum absolute atomic E-state index is 11.8. The number of nitrogens with zero attached hydrogens (tertiary/aromatic N) is 2. The van der Waals surface area contributed by atoms with E-state index in [1.54, 1.807) is 17.4 Å². The average Bonchev–Trinajstić information content (AvgIpc) is 3.18. The zero-order valence-electron chi connectivity index (χ0n) is 11.6. The highest BCUT2D eigenvalue weighted by molar-refractivity contribution is 7.15. The van der Waals surface area contributed by atoms with Gasteiger partial charge in [0.15, 0.2) is 0 Å². The molecule has 0 saturated carbocycles. The van der Waals surface area contributed by atoms with Gasteiger partial charge in [0.25, 0.3) is 0 Å². The molecular weight excluding hydrogens is 314 g/mol. The Bertz CT molecular complexity index is 764. The highest BCUT2D eigenvalue weighted by atomic mass is 32.1. The van der Waals surface area contributed by atoms with E-state index in [1.165, 1.54) is 23.0 Å². The molecule has 110 valence electrons. The quantitative estimate of drug-likeness (QED) is 0.724. The lowest BCUT2D eigenvalue weighted by Crippen LogP contribution is -2.07. The van der Waals surface area contributed by atoms with Gasteiger partial charge in [-0.1, -0.05) is 47.7 Å². The van der Waals surface area contributed by atoms with Crippen LogP contribution in [-0.2, 0) is 11.2 Å². The summed E-state index contributed by atoms with van der Waals surface area (Å²) in [5.41, 5.74) is 1.18. The van der Waals surface area contributed by atoms with Gasteiger partial charge in [-0.3, -0.25) is 10.1 Å². The molecule has 0 bridgehead atoms. The van der Waals surface area contributed by atoms with E-state index in [9.17, 15) is 4.79 Å². The van der Waals surface area contributed by atoms with Crippen molar-refractivity contribution in [1.82, 2.24) is 10.2 Å². The Kier molecular flexibility index (Phi) is 4.72. The number of thiophene rings is 1. The van der Waals surface area contributed by atoms with Crippen molar-refractivity contribution in [3.05, 3.63) is 69.4 Å². The van der Waals surface area contributed by atoms with Crippen LogP contribution < -0.4 is 5.32 Å². The monoisotopic (exact) mass is 327 g/mol. The van der Waals surface area contributed by atoms with Crippen LogP contribution >= 0.6 is 22.7 Å². The van der Waals surface area contributed by atoms with Crippen molar-refractivity contribution in [1.29, 1.82) is 0 Å². The van der Waals surface area contributed by atoms with Gasteiger partial charge in [0, 0.05) is 17.4 Å². The molecular formula is C16H13N3OS2. The van der Waals surface area contributed by atoms with E-state index in [0.717, 1.165) is 16.3 Å². The zero-order valence-corrected chi connectivity index (χ0v) is 13.2. The van der Waals surface area contributed by atoms with Gasteiger partial charge in [-0.25, -0.2) is 0 Å². The summed E-state index contributed by atoms with van der Waals surface area (Å²) >= 11 is 2.98. The standard InChI is InChI=1S/C16H13N3OS2/c20-14(9-8-13-7-4-10-21-13)17-16-19-18-15(22-16)11-12-5-2-1-3-6-12/h1-10H,11H2,(H,17,19,20). The van der Waals surface area contributed by atoms with Crippen molar-refractivity contribution in [3.8, 4) is 0 Å². The van der Waals surface area contributed by atoms with E-state index < -0.39 is 0 Å². The van der Waals surface area contributed by atoms with Gasteiger partial charge in [-0.15, -0.1) is 21.5 Å². The molecule has 2 aromatic heterocycles. The number of hydrogen-bond donors (Lipinski definition) is 1. The Morgan fingerprint density at radius 1 is 1.14 bits per heavy atom. The third kappa shape index (κ3) is 4.09. The molecule has 0 unspecified atom stereocenters. The number of nitrogens with one attached hydrogen (secondary N) is 1. The van der Waals surface area contributed by atoms with Crippen LogP contribution in [0, 0.1) is 0 Å². The van der Waals surface area contributed by atoms with Crippen molar-refractivity contribution < 1.29 is 4.79 Å². The lowest BCUT2D eigenvalue weighted by Gasteiger charge is -1.95. The first-order valence-corrected chi connectivity index (χ1v) is 8.38. The van der Waals surface area contributed by atoms with Crippen LogP contribution in [0.4, 0.5) is 5.13 Å². The second-order valence-electron chi connectivity index (χ2n) is 4.50. The van der Waals surface area contributed by atoms with Crippen molar-refractivity contribution in [2.75, 3.05) is 5.32 Å². The second-order valence-corrected chi connectivity index (χ2v) is 6.54. The number of amides is 1. The van der Waals surface area contributed by atoms with Crippen molar-refractivity contribution in [2.45, 2.75) is 6.42 Å². The maximum Gasteiger partial charge on any atom is 0.250 e. The molecule has 0 radical (unpaired) electrons. The van der Waals surface area contributed by atoms with Crippen LogP contribution in [0.5, 0.6) is 0 Å². The van der Waals surface area contributed by atoms with Gasteiger partial charge in [-0.05, 0) is 23.1 Å². The first-order valence-electron chi connectivity index (χ1n) is 6.68. The Hall–Kier alpha value is -2.31. The highest BCUT2D eigenvalue weighted by Gasteiger charge is 2.07. The molecule has 0 saturated heterocycles. The molecule has 0 aliphatic carbocycles. The summed E-state index contributed by atoms with van der Waals surface area (Å²) in [4.78, 5) is 12.9. The number of aromatic nitrogens is 2. The largest absolute Gasteiger partial charge is 0.297 e. The molecule has 0 spiro atoms. The number of rotatable bonds is 5. The minimum absolute atomic E-state index is 0.198. The lowest BCUT2D eigenvalue weighted by atomic mass is 10.2. The first-order chi connectivity index (χ1) is 10.8. The topological polar surface area (TPSA) is 54.9 Å². The van der Waals surface area contributed by atoms with E-state index in [0.29, 0.717) is 5.13 Å². The summed E-state index contributed by atoms with van der Waals surface area (Å²) in [5, 5.41) is 14.2. The molecule has 22 heavy (non-hydrogen) atoms.